The van der Waals surface area contributed by atoms with Gasteiger partial charge in [-0.25, -0.2) is 0 Å². The Bertz CT molecular complexity index is 360. The molecule has 1 fully saturated rings. The zero-order valence-electron chi connectivity index (χ0n) is 10.3. The van der Waals surface area contributed by atoms with Gasteiger partial charge < -0.3 is 10.6 Å². The summed E-state index contributed by atoms with van der Waals surface area (Å²) in [5.41, 5.74) is 1.14. The Morgan fingerprint density at radius 2 is 2.06 bits per heavy atom. The first-order valence-electron chi connectivity index (χ1n) is 6.30. The minimum absolute atomic E-state index is 0.0713. The zero-order chi connectivity index (χ0) is 12.1. The van der Waals surface area contributed by atoms with Crippen LogP contribution in [-0.2, 0) is 4.79 Å². The van der Waals surface area contributed by atoms with Gasteiger partial charge in [0, 0.05) is 0 Å². The molecule has 17 heavy (non-hydrogen) atoms. The summed E-state index contributed by atoms with van der Waals surface area (Å²) in [7, 11) is 0. The van der Waals surface area contributed by atoms with Crippen LogP contribution in [0.5, 0.6) is 0 Å². The van der Waals surface area contributed by atoms with E-state index in [-0.39, 0.29) is 11.9 Å². The molecule has 0 aromatic heterocycles. The molecule has 1 aromatic rings. The average molecular weight is 232 g/mol. The second-order valence-corrected chi connectivity index (χ2v) is 4.77. The first-order valence-corrected chi connectivity index (χ1v) is 6.30. The molecule has 1 aliphatic carbocycles. The molecule has 0 saturated heterocycles. The van der Waals surface area contributed by atoms with Crippen LogP contribution >= 0.6 is 0 Å². The van der Waals surface area contributed by atoms with Gasteiger partial charge in [0.05, 0.1) is 12.6 Å². The number of rotatable bonds is 6. The van der Waals surface area contributed by atoms with Gasteiger partial charge in [-0.05, 0) is 37.8 Å². The minimum atomic E-state index is 0.0713. The predicted molar refractivity (Wildman–Crippen MR) is 68.6 cm³/mol. The molecule has 0 unspecified atom stereocenters. The first kappa shape index (κ1) is 12.1. The van der Waals surface area contributed by atoms with Crippen molar-refractivity contribution in [2.45, 2.75) is 25.8 Å². The lowest BCUT2D eigenvalue weighted by atomic mass is 10.1. The molecule has 0 radical (unpaired) electrons. The van der Waals surface area contributed by atoms with Crippen LogP contribution in [0, 0.1) is 5.92 Å². The number of carbonyl (C=O) groups excluding carboxylic acids is 1. The third-order valence-electron chi connectivity index (χ3n) is 3.09. The highest BCUT2D eigenvalue weighted by atomic mass is 16.1. The largest absolute Gasteiger partial charge is 0.348 e. The van der Waals surface area contributed by atoms with E-state index < -0.39 is 0 Å². The Balaban J connectivity index is 1.69. The molecule has 3 heteroatoms. The van der Waals surface area contributed by atoms with E-state index in [0.29, 0.717) is 6.54 Å². The summed E-state index contributed by atoms with van der Waals surface area (Å²) in [4.78, 5) is 11.7. The van der Waals surface area contributed by atoms with E-state index in [4.69, 9.17) is 0 Å². The molecule has 1 saturated carbocycles. The van der Waals surface area contributed by atoms with Crippen LogP contribution in [0.4, 0.5) is 0 Å². The molecule has 2 N–H and O–H groups in total. The molecule has 1 aliphatic rings. The number of benzene rings is 1. The van der Waals surface area contributed by atoms with E-state index >= 15 is 0 Å². The summed E-state index contributed by atoms with van der Waals surface area (Å²) in [5, 5.41) is 6.18. The molecular formula is C14H20N2O. The monoisotopic (exact) mass is 232 g/mol. The van der Waals surface area contributed by atoms with Gasteiger partial charge in [-0.1, -0.05) is 30.3 Å². The summed E-state index contributed by atoms with van der Waals surface area (Å²) in [6.07, 6.45) is 2.63. The third kappa shape index (κ3) is 4.19. The number of nitrogens with one attached hydrogen (secondary N) is 2. The van der Waals surface area contributed by atoms with E-state index in [1.807, 2.05) is 37.3 Å². The van der Waals surface area contributed by atoms with Gasteiger partial charge in [0.25, 0.3) is 0 Å². The van der Waals surface area contributed by atoms with Crippen molar-refractivity contribution in [1.82, 2.24) is 10.6 Å². The minimum Gasteiger partial charge on any atom is -0.348 e. The summed E-state index contributed by atoms with van der Waals surface area (Å²) < 4.78 is 0. The van der Waals surface area contributed by atoms with Gasteiger partial charge >= 0.3 is 0 Å². The lowest BCUT2D eigenvalue weighted by Gasteiger charge is -2.14. The van der Waals surface area contributed by atoms with Crippen molar-refractivity contribution >= 4 is 5.91 Å². The van der Waals surface area contributed by atoms with E-state index in [1.54, 1.807) is 0 Å². The Morgan fingerprint density at radius 1 is 1.35 bits per heavy atom. The molecule has 3 nitrogen and oxygen atoms in total. The summed E-state index contributed by atoms with van der Waals surface area (Å²) in [5.74, 6) is 0.886. The second-order valence-electron chi connectivity index (χ2n) is 4.77. The molecule has 0 aliphatic heterocycles. The van der Waals surface area contributed by atoms with Crippen molar-refractivity contribution in [3.63, 3.8) is 0 Å². The standard InChI is InChI=1S/C14H20N2O/c1-11(13-5-3-2-4-6-13)16-14(17)10-15-9-12-7-8-12/h2-6,11-12,15H,7-10H2,1H3,(H,16,17)/t11-/m0/s1. The van der Waals surface area contributed by atoms with Crippen LogP contribution in [0.1, 0.15) is 31.4 Å². The summed E-state index contributed by atoms with van der Waals surface area (Å²) in [6, 6.07) is 10.1. The molecule has 0 bridgehead atoms. The highest BCUT2D eigenvalue weighted by molar-refractivity contribution is 5.78. The Labute approximate surface area is 103 Å². The maximum absolute atomic E-state index is 11.7. The smallest absolute Gasteiger partial charge is 0.234 e. The summed E-state index contributed by atoms with van der Waals surface area (Å²) >= 11 is 0. The number of amides is 1. The molecule has 1 atom stereocenters. The Kier molecular flexibility index (Phi) is 4.15. The quantitative estimate of drug-likeness (QED) is 0.786. The topological polar surface area (TPSA) is 41.1 Å². The van der Waals surface area contributed by atoms with Crippen molar-refractivity contribution in [3.05, 3.63) is 35.9 Å². The van der Waals surface area contributed by atoms with Gasteiger partial charge in [0.15, 0.2) is 0 Å². The maximum Gasteiger partial charge on any atom is 0.234 e. The van der Waals surface area contributed by atoms with Crippen molar-refractivity contribution in [1.29, 1.82) is 0 Å². The molecule has 1 amide bonds. The fourth-order valence-electron chi connectivity index (χ4n) is 1.83. The zero-order valence-corrected chi connectivity index (χ0v) is 10.3. The molecule has 1 aromatic carbocycles. The molecule has 92 valence electrons. The third-order valence-corrected chi connectivity index (χ3v) is 3.09. The lowest BCUT2D eigenvalue weighted by Crippen LogP contribution is -2.36. The SMILES string of the molecule is C[C@H](NC(=O)CNCC1CC1)c1ccccc1. The normalized spacial score (nSPS) is 16.5. The second kappa shape index (κ2) is 5.82. The van der Waals surface area contributed by atoms with Gasteiger partial charge in [-0.2, -0.15) is 0 Å². The van der Waals surface area contributed by atoms with Crippen LogP contribution < -0.4 is 10.6 Å². The molecule has 2 rings (SSSR count). The van der Waals surface area contributed by atoms with Crippen LogP contribution in [0.15, 0.2) is 30.3 Å². The van der Waals surface area contributed by atoms with Gasteiger partial charge in [-0.15, -0.1) is 0 Å². The average Bonchev–Trinajstić information content (AvgIpc) is 3.14. The highest BCUT2D eigenvalue weighted by Crippen LogP contribution is 2.27. The Morgan fingerprint density at radius 3 is 2.71 bits per heavy atom. The number of hydrogen-bond acceptors (Lipinski definition) is 2. The van der Waals surface area contributed by atoms with Crippen molar-refractivity contribution < 1.29 is 4.79 Å². The first-order chi connectivity index (χ1) is 8.25. The molecular weight excluding hydrogens is 212 g/mol. The van der Waals surface area contributed by atoms with E-state index in [0.717, 1.165) is 18.0 Å². The molecule has 0 heterocycles. The van der Waals surface area contributed by atoms with Crippen molar-refractivity contribution in [2.24, 2.45) is 5.92 Å². The lowest BCUT2D eigenvalue weighted by molar-refractivity contribution is -0.120. The van der Waals surface area contributed by atoms with Gasteiger partial charge in [0.2, 0.25) is 5.91 Å². The predicted octanol–water partition coefficient (Wildman–Crippen LogP) is 1.86. The van der Waals surface area contributed by atoms with Crippen LogP contribution in [0.25, 0.3) is 0 Å². The van der Waals surface area contributed by atoms with Crippen molar-refractivity contribution in [3.8, 4) is 0 Å². The number of carbonyl (C=O) groups is 1. The van der Waals surface area contributed by atoms with E-state index in [9.17, 15) is 4.79 Å². The van der Waals surface area contributed by atoms with E-state index in [2.05, 4.69) is 10.6 Å². The van der Waals surface area contributed by atoms with E-state index in [1.165, 1.54) is 12.8 Å². The van der Waals surface area contributed by atoms with Crippen LogP contribution in [-0.4, -0.2) is 19.0 Å². The fraction of sp³-hybridized carbons (Fsp3) is 0.500. The highest BCUT2D eigenvalue weighted by Gasteiger charge is 2.20. The molecule has 0 spiro atoms. The van der Waals surface area contributed by atoms with Crippen LogP contribution in [0.3, 0.4) is 0 Å². The van der Waals surface area contributed by atoms with Crippen LogP contribution in [0.2, 0.25) is 0 Å². The van der Waals surface area contributed by atoms with Crippen molar-refractivity contribution in [2.75, 3.05) is 13.1 Å². The maximum atomic E-state index is 11.7. The number of hydrogen-bond donors (Lipinski definition) is 2. The Hall–Kier alpha value is -1.35. The fourth-order valence-corrected chi connectivity index (χ4v) is 1.83. The summed E-state index contributed by atoms with van der Waals surface area (Å²) in [6.45, 7) is 3.41. The van der Waals surface area contributed by atoms with Gasteiger partial charge in [0.1, 0.15) is 0 Å². The van der Waals surface area contributed by atoms with Gasteiger partial charge in [-0.3, -0.25) is 4.79 Å².